The number of hydrogen-bond donors (Lipinski definition) is 4. The Hall–Kier alpha value is -4.30. The van der Waals surface area contributed by atoms with E-state index in [1.807, 2.05) is 54.6 Å². The molecule has 0 aliphatic carbocycles. The fourth-order valence-electron chi connectivity index (χ4n) is 3.68. The first-order chi connectivity index (χ1) is 16.5. The average molecular weight is 457 g/mol. The second-order valence-electron chi connectivity index (χ2n) is 7.93. The highest BCUT2D eigenvalue weighted by molar-refractivity contribution is 5.93. The molecule has 34 heavy (non-hydrogen) atoms. The highest BCUT2D eigenvalue weighted by Gasteiger charge is 2.23. The highest BCUT2D eigenvalue weighted by Crippen LogP contribution is 2.21. The number of aliphatic hydroxyl groups is 1. The van der Waals surface area contributed by atoms with Crippen LogP contribution in [-0.2, 0) is 11.2 Å². The predicted octanol–water partition coefficient (Wildman–Crippen LogP) is 3.32. The minimum atomic E-state index is -1.59. The number of aromatic amines is 1. The van der Waals surface area contributed by atoms with Gasteiger partial charge < -0.3 is 15.5 Å². The molecular formula is C26H24N4O4. The Labute approximate surface area is 196 Å². The maximum absolute atomic E-state index is 12.9. The molecule has 172 valence electrons. The van der Waals surface area contributed by atoms with Gasteiger partial charge >= 0.3 is 5.97 Å². The van der Waals surface area contributed by atoms with E-state index in [-0.39, 0.29) is 12.1 Å². The zero-order chi connectivity index (χ0) is 23.9. The Kier molecular flexibility index (Phi) is 7.10. The largest absolute Gasteiger partial charge is 0.479 e. The van der Waals surface area contributed by atoms with Gasteiger partial charge in [-0.15, -0.1) is 0 Å². The van der Waals surface area contributed by atoms with Crippen molar-refractivity contribution in [2.45, 2.75) is 25.0 Å². The fraction of sp³-hybridized carbons (Fsp3) is 0.154. The molecular weight excluding hydrogens is 432 g/mol. The Morgan fingerprint density at radius 1 is 0.912 bits per heavy atom. The normalized spacial score (nSPS) is 12.6. The number of aliphatic hydroxyl groups excluding tert-OH is 1. The van der Waals surface area contributed by atoms with Gasteiger partial charge in [0, 0.05) is 30.4 Å². The molecule has 2 heterocycles. The summed E-state index contributed by atoms with van der Waals surface area (Å²) < 4.78 is 0. The lowest BCUT2D eigenvalue weighted by atomic mass is 9.97. The molecule has 0 unspecified atom stereocenters. The smallest absolute Gasteiger partial charge is 0.332 e. The summed E-state index contributed by atoms with van der Waals surface area (Å²) >= 11 is 0. The maximum Gasteiger partial charge on any atom is 0.332 e. The Morgan fingerprint density at radius 3 is 2.26 bits per heavy atom. The van der Waals surface area contributed by atoms with E-state index in [0.717, 1.165) is 22.3 Å². The monoisotopic (exact) mass is 456 g/mol. The van der Waals surface area contributed by atoms with Crippen LogP contribution >= 0.6 is 0 Å². The van der Waals surface area contributed by atoms with Crippen LogP contribution < -0.4 is 5.32 Å². The van der Waals surface area contributed by atoms with Crippen LogP contribution in [0.15, 0.2) is 85.2 Å². The first kappa shape index (κ1) is 22.9. The quantitative estimate of drug-likeness (QED) is 0.306. The number of aliphatic carboxylic acids is 1. The van der Waals surface area contributed by atoms with Crippen molar-refractivity contribution >= 4 is 11.9 Å². The van der Waals surface area contributed by atoms with Gasteiger partial charge in [-0.05, 0) is 41.3 Å². The molecule has 8 nitrogen and oxygen atoms in total. The van der Waals surface area contributed by atoms with Gasteiger partial charge in [-0.2, -0.15) is 5.10 Å². The minimum absolute atomic E-state index is 0.132. The second kappa shape index (κ2) is 10.5. The van der Waals surface area contributed by atoms with Gasteiger partial charge in [0.2, 0.25) is 0 Å². The van der Waals surface area contributed by atoms with E-state index >= 15 is 0 Å². The predicted molar refractivity (Wildman–Crippen MR) is 127 cm³/mol. The van der Waals surface area contributed by atoms with Crippen LogP contribution in [0.1, 0.15) is 22.5 Å². The van der Waals surface area contributed by atoms with Crippen molar-refractivity contribution in [3.63, 3.8) is 0 Å². The number of nitrogens with one attached hydrogen (secondary N) is 2. The van der Waals surface area contributed by atoms with E-state index in [2.05, 4.69) is 20.5 Å². The molecule has 0 radical (unpaired) electrons. The maximum atomic E-state index is 12.9. The van der Waals surface area contributed by atoms with E-state index in [4.69, 9.17) is 5.11 Å². The van der Waals surface area contributed by atoms with Gasteiger partial charge in [0.25, 0.3) is 5.91 Å². The Balaban J connectivity index is 1.48. The number of pyridine rings is 1. The van der Waals surface area contributed by atoms with Gasteiger partial charge in [0.1, 0.15) is 5.69 Å². The van der Waals surface area contributed by atoms with Crippen molar-refractivity contribution < 1.29 is 19.8 Å². The van der Waals surface area contributed by atoms with Crippen LogP contribution in [0, 0.1) is 0 Å². The molecule has 4 N–H and O–H groups in total. The number of carbonyl (C=O) groups is 2. The van der Waals surface area contributed by atoms with Gasteiger partial charge in [-0.1, -0.05) is 54.6 Å². The summed E-state index contributed by atoms with van der Waals surface area (Å²) in [5.74, 6) is -1.77. The number of carbonyl (C=O) groups excluding carboxylic acids is 1. The molecule has 0 fully saturated rings. The lowest BCUT2D eigenvalue weighted by molar-refractivity contribution is -0.147. The first-order valence-electron chi connectivity index (χ1n) is 10.8. The van der Waals surface area contributed by atoms with E-state index in [0.29, 0.717) is 12.1 Å². The number of amides is 1. The van der Waals surface area contributed by atoms with Crippen molar-refractivity contribution in [2.75, 3.05) is 0 Å². The molecule has 0 bridgehead atoms. The zero-order valence-electron chi connectivity index (χ0n) is 18.3. The molecule has 0 aliphatic heterocycles. The van der Waals surface area contributed by atoms with Crippen molar-refractivity contribution in [3.8, 4) is 22.4 Å². The molecule has 4 rings (SSSR count). The van der Waals surface area contributed by atoms with Crippen molar-refractivity contribution in [3.05, 3.63) is 96.4 Å². The van der Waals surface area contributed by atoms with Crippen LogP contribution in [0.2, 0.25) is 0 Å². The standard InChI is InChI=1S/C26H24N4O4/c31-24(26(33)34)15-21(14-17-6-8-19(9-7-17)18-4-2-1-3-5-18)28-25(32)23-16-22(29-30-23)20-10-12-27-13-11-20/h1-13,16,21,24,31H,14-15H2,(H,28,32)(H,29,30)(H,33,34)/t21-,24-/m1/s1. The lowest BCUT2D eigenvalue weighted by Crippen LogP contribution is -2.40. The van der Waals surface area contributed by atoms with Crippen molar-refractivity contribution in [1.82, 2.24) is 20.5 Å². The van der Waals surface area contributed by atoms with Crippen LogP contribution in [-0.4, -0.2) is 49.4 Å². The Morgan fingerprint density at radius 2 is 1.59 bits per heavy atom. The van der Waals surface area contributed by atoms with Crippen molar-refractivity contribution in [1.29, 1.82) is 0 Å². The van der Waals surface area contributed by atoms with E-state index in [9.17, 15) is 14.7 Å². The summed E-state index contributed by atoms with van der Waals surface area (Å²) in [6.07, 6.45) is 1.90. The van der Waals surface area contributed by atoms with Gasteiger partial charge in [-0.3, -0.25) is 14.9 Å². The van der Waals surface area contributed by atoms with E-state index in [1.165, 1.54) is 0 Å². The molecule has 4 aromatic rings. The molecule has 1 amide bonds. The molecule has 2 atom stereocenters. The number of carboxylic acid groups (broad SMARTS) is 1. The average Bonchev–Trinajstić information content (AvgIpc) is 3.36. The van der Waals surface area contributed by atoms with Crippen LogP contribution in [0.4, 0.5) is 0 Å². The molecule has 2 aromatic heterocycles. The number of carboxylic acids is 1. The summed E-state index contributed by atoms with van der Waals surface area (Å²) in [7, 11) is 0. The molecule has 0 aliphatic rings. The number of nitrogens with zero attached hydrogens (tertiary/aromatic N) is 2. The molecule has 2 aromatic carbocycles. The third-order valence-corrected chi connectivity index (χ3v) is 5.47. The molecule has 0 spiro atoms. The first-order valence-corrected chi connectivity index (χ1v) is 10.8. The number of rotatable bonds is 9. The number of benzene rings is 2. The summed E-state index contributed by atoms with van der Waals surface area (Å²) in [5.41, 5.74) is 4.68. The van der Waals surface area contributed by atoms with E-state index < -0.39 is 24.0 Å². The van der Waals surface area contributed by atoms with Crippen LogP contribution in [0.5, 0.6) is 0 Å². The van der Waals surface area contributed by atoms with Crippen molar-refractivity contribution in [2.24, 2.45) is 0 Å². The third-order valence-electron chi connectivity index (χ3n) is 5.47. The van der Waals surface area contributed by atoms with Gasteiger partial charge in [0.15, 0.2) is 6.10 Å². The van der Waals surface area contributed by atoms with Crippen LogP contribution in [0.25, 0.3) is 22.4 Å². The summed E-state index contributed by atoms with van der Waals surface area (Å²) in [6, 6.07) is 22.3. The minimum Gasteiger partial charge on any atom is -0.479 e. The summed E-state index contributed by atoms with van der Waals surface area (Å²) in [5, 5.41) is 28.8. The highest BCUT2D eigenvalue weighted by atomic mass is 16.4. The summed E-state index contributed by atoms with van der Waals surface area (Å²) in [4.78, 5) is 28.0. The molecule has 8 heteroatoms. The number of aromatic nitrogens is 3. The number of hydrogen-bond acceptors (Lipinski definition) is 5. The summed E-state index contributed by atoms with van der Waals surface area (Å²) in [6.45, 7) is 0. The van der Waals surface area contributed by atoms with Gasteiger partial charge in [0.05, 0.1) is 5.69 Å². The fourth-order valence-corrected chi connectivity index (χ4v) is 3.68. The topological polar surface area (TPSA) is 128 Å². The zero-order valence-corrected chi connectivity index (χ0v) is 18.3. The van der Waals surface area contributed by atoms with E-state index in [1.54, 1.807) is 30.6 Å². The molecule has 0 saturated carbocycles. The van der Waals surface area contributed by atoms with Gasteiger partial charge in [-0.25, -0.2) is 4.79 Å². The third kappa shape index (κ3) is 5.73. The molecule has 0 saturated heterocycles. The SMILES string of the molecule is O=C(N[C@H](Cc1ccc(-c2ccccc2)cc1)C[C@@H](O)C(=O)O)c1cc(-c2ccncc2)n[nH]1. The van der Waals surface area contributed by atoms with Crippen LogP contribution in [0.3, 0.4) is 0 Å². The number of H-pyrrole nitrogens is 1. The lowest BCUT2D eigenvalue weighted by Gasteiger charge is -2.20. The Bertz CT molecular complexity index is 1240. The second-order valence-corrected chi connectivity index (χ2v) is 7.93.